The Morgan fingerprint density at radius 2 is 2.24 bits per heavy atom. The van der Waals surface area contributed by atoms with E-state index >= 15 is 0 Å². The van der Waals surface area contributed by atoms with Crippen molar-refractivity contribution in [3.63, 3.8) is 0 Å². The maximum atomic E-state index is 11.6. The molecule has 0 aliphatic carbocycles. The van der Waals surface area contributed by atoms with Crippen LogP contribution in [0.3, 0.4) is 0 Å². The van der Waals surface area contributed by atoms with Crippen molar-refractivity contribution in [2.75, 3.05) is 13.7 Å². The molecule has 17 heavy (non-hydrogen) atoms. The molecule has 0 spiro atoms. The molecule has 0 saturated heterocycles. The van der Waals surface area contributed by atoms with Crippen LogP contribution in [0.15, 0.2) is 18.2 Å². The van der Waals surface area contributed by atoms with Crippen LogP contribution in [0.4, 0.5) is 5.69 Å². The van der Waals surface area contributed by atoms with E-state index in [9.17, 15) is 14.9 Å². The number of nitro groups is 1. The first-order chi connectivity index (χ1) is 8.10. The number of non-ortho nitro benzene ring substituents is 1. The minimum atomic E-state index is -0.563. The number of amides is 1. The molecule has 0 radical (unpaired) electrons. The topological polar surface area (TPSA) is 90.7 Å². The number of nitrogens with one attached hydrogen (secondary N) is 1. The predicted molar refractivity (Wildman–Crippen MR) is 58.7 cm³/mol. The summed E-state index contributed by atoms with van der Waals surface area (Å²) in [5, 5.41) is 10.5. The Bertz CT molecular complexity index is 433. The molecule has 0 aliphatic rings. The monoisotopic (exact) mass is 240 g/mol. The van der Waals surface area contributed by atoms with Crippen LogP contribution >= 0.6 is 0 Å². The van der Waals surface area contributed by atoms with E-state index < -0.39 is 10.8 Å². The summed E-state index contributed by atoms with van der Waals surface area (Å²) < 4.78 is 4.92. The predicted octanol–water partition coefficient (Wildman–Crippen LogP) is 1.28. The van der Waals surface area contributed by atoms with E-state index in [4.69, 9.17) is 9.57 Å². The Morgan fingerprint density at radius 1 is 1.53 bits per heavy atom. The van der Waals surface area contributed by atoms with Gasteiger partial charge in [-0.3, -0.25) is 19.7 Å². The number of carbonyl (C=O) groups excluding carboxylic acids is 1. The molecule has 0 bridgehead atoms. The molecule has 1 amide bonds. The van der Waals surface area contributed by atoms with Crippen molar-refractivity contribution in [3.8, 4) is 5.75 Å². The molecule has 0 unspecified atom stereocenters. The van der Waals surface area contributed by atoms with Crippen molar-refractivity contribution in [2.24, 2.45) is 0 Å². The van der Waals surface area contributed by atoms with Gasteiger partial charge in [-0.25, -0.2) is 5.48 Å². The number of methoxy groups -OCH3 is 1. The summed E-state index contributed by atoms with van der Waals surface area (Å²) in [6.07, 6.45) is 0. The Hall–Kier alpha value is -2.15. The van der Waals surface area contributed by atoms with E-state index in [0.717, 1.165) is 0 Å². The third-order valence-corrected chi connectivity index (χ3v) is 1.95. The zero-order chi connectivity index (χ0) is 12.8. The molecule has 0 aromatic heterocycles. The quantitative estimate of drug-likeness (QED) is 0.618. The van der Waals surface area contributed by atoms with Gasteiger partial charge in [-0.15, -0.1) is 0 Å². The lowest BCUT2D eigenvalue weighted by atomic mass is 10.1. The lowest BCUT2D eigenvalue weighted by Gasteiger charge is -2.08. The van der Waals surface area contributed by atoms with Crippen LogP contribution in [-0.4, -0.2) is 24.5 Å². The van der Waals surface area contributed by atoms with Crippen molar-refractivity contribution in [1.82, 2.24) is 5.48 Å². The number of hydroxylamine groups is 1. The third kappa shape index (κ3) is 3.15. The summed E-state index contributed by atoms with van der Waals surface area (Å²) in [7, 11) is 1.33. The van der Waals surface area contributed by atoms with Gasteiger partial charge in [0, 0.05) is 6.07 Å². The number of nitrogens with zero attached hydrogens (tertiary/aromatic N) is 1. The number of ether oxygens (including phenoxy) is 1. The molecule has 0 atom stereocenters. The minimum absolute atomic E-state index is 0.122. The standard InChI is InChI=1S/C10H12N2O5/c1-3-17-11-10(13)8-5-4-7(12(14)15)6-9(8)16-2/h4-6H,3H2,1-2H3,(H,11,13). The molecular weight excluding hydrogens is 228 g/mol. The summed E-state index contributed by atoms with van der Waals surface area (Å²) in [6, 6.07) is 3.72. The molecule has 1 aromatic rings. The fraction of sp³-hybridized carbons (Fsp3) is 0.300. The van der Waals surface area contributed by atoms with Gasteiger partial charge in [0.05, 0.1) is 30.3 Å². The van der Waals surface area contributed by atoms with Crippen molar-refractivity contribution in [1.29, 1.82) is 0 Å². The second-order valence-electron chi connectivity index (χ2n) is 3.01. The molecule has 0 fully saturated rings. The Kier molecular flexibility index (Phi) is 4.41. The number of hydrogen-bond donors (Lipinski definition) is 1. The maximum absolute atomic E-state index is 11.6. The summed E-state index contributed by atoms with van der Waals surface area (Å²) in [6.45, 7) is 2.04. The van der Waals surface area contributed by atoms with Crippen LogP contribution < -0.4 is 10.2 Å². The molecule has 1 rings (SSSR count). The molecule has 92 valence electrons. The average Bonchev–Trinajstić information content (AvgIpc) is 2.34. The smallest absolute Gasteiger partial charge is 0.278 e. The van der Waals surface area contributed by atoms with Crippen LogP contribution in [0.5, 0.6) is 5.75 Å². The molecule has 0 heterocycles. The van der Waals surface area contributed by atoms with E-state index in [1.54, 1.807) is 6.92 Å². The van der Waals surface area contributed by atoms with Crippen LogP contribution in [0.2, 0.25) is 0 Å². The highest BCUT2D eigenvalue weighted by Crippen LogP contribution is 2.24. The van der Waals surface area contributed by atoms with Crippen molar-refractivity contribution in [2.45, 2.75) is 6.92 Å². The summed E-state index contributed by atoms with van der Waals surface area (Å²) in [5.41, 5.74) is 2.21. The fourth-order valence-electron chi connectivity index (χ4n) is 1.17. The normalized spacial score (nSPS) is 9.76. The molecular formula is C10H12N2O5. The van der Waals surface area contributed by atoms with E-state index in [2.05, 4.69) is 5.48 Å². The number of carbonyl (C=O) groups is 1. The zero-order valence-electron chi connectivity index (χ0n) is 9.43. The first-order valence-corrected chi connectivity index (χ1v) is 4.84. The van der Waals surface area contributed by atoms with Gasteiger partial charge < -0.3 is 4.74 Å². The second-order valence-corrected chi connectivity index (χ2v) is 3.01. The highest BCUT2D eigenvalue weighted by atomic mass is 16.6. The Labute approximate surface area is 97.4 Å². The zero-order valence-corrected chi connectivity index (χ0v) is 9.43. The van der Waals surface area contributed by atoms with Gasteiger partial charge in [-0.05, 0) is 13.0 Å². The van der Waals surface area contributed by atoms with E-state index in [1.807, 2.05) is 0 Å². The van der Waals surface area contributed by atoms with Crippen LogP contribution in [0.25, 0.3) is 0 Å². The molecule has 0 aliphatic heterocycles. The van der Waals surface area contributed by atoms with Gasteiger partial charge in [0.25, 0.3) is 11.6 Å². The number of benzene rings is 1. The summed E-state index contributed by atoms with van der Waals surface area (Å²) >= 11 is 0. The van der Waals surface area contributed by atoms with Crippen LogP contribution in [0.1, 0.15) is 17.3 Å². The van der Waals surface area contributed by atoms with Gasteiger partial charge in [0.1, 0.15) is 5.75 Å². The lowest BCUT2D eigenvalue weighted by molar-refractivity contribution is -0.384. The van der Waals surface area contributed by atoms with Crippen LogP contribution in [-0.2, 0) is 4.84 Å². The van der Waals surface area contributed by atoms with Gasteiger partial charge in [0.15, 0.2) is 0 Å². The van der Waals surface area contributed by atoms with Gasteiger partial charge >= 0.3 is 0 Å². The molecule has 0 saturated carbocycles. The van der Waals surface area contributed by atoms with Crippen LogP contribution in [0, 0.1) is 10.1 Å². The SMILES string of the molecule is CCONC(=O)c1ccc([N+](=O)[O-])cc1OC. The second kappa shape index (κ2) is 5.80. The van der Waals surface area contributed by atoms with Gasteiger partial charge in [-0.1, -0.05) is 0 Å². The molecule has 1 aromatic carbocycles. The number of rotatable bonds is 5. The largest absolute Gasteiger partial charge is 0.496 e. The Morgan fingerprint density at radius 3 is 2.76 bits per heavy atom. The highest BCUT2D eigenvalue weighted by molar-refractivity contribution is 5.96. The molecule has 7 heteroatoms. The van der Waals surface area contributed by atoms with E-state index in [1.165, 1.54) is 25.3 Å². The summed E-state index contributed by atoms with van der Waals surface area (Å²) in [5.74, 6) is -0.394. The summed E-state index contributed by atoms with van der Waals surface area (Å²) in [4.78, 5) is 26.3. The molecule has 1 N–H and O–H groups in total. The van der Waals surface area contributed by atoms with Gasteiger partial charge in [0.2, 0.25) is 0 Å². The van der Waals surface area contributed by atoms with E-state index in [-0.39, 0.29) is 17.0 Å². The van der Waals surface area contributed by atoms with Crippen molar-refractivity contribution in [3.05, 3.63) is 33.9 Å². The maximum Gasteiger partial charge on any atom is 0.278 e. The fourth-order valence-corrected chi connectivity index (χ4v) is 1.17. The average molecular weight is 240 g/mol. The van der Waals surface area contributed by atoms with Crippen molar-refractivity contribution < 1.29 is 19.3 Å². The highest BCUT2D eigenvalue weighted by Gasteiger charge is 2.16. The first-order valence-electron chi connectivity index (χ1n) is 4.84. The van der Waals surface area contributed by atoms with Crippen molar-refractivity contribution >= 4 is 11.6 Å². The molecule has 7 nitrogen and oxygen atoms in total. The Balaban J connectivity index is 3.00. The first kappa shape index (κ1) is 12.9. The van der Waals surface area contributed by atoms with E-state index in [0.29, 0.717) is 6.61 Å². The van der Waals surface area contributed by atoms with Gasteiger partial charge in [-0.2, -0.15) is 0 Å². The third-order valence-electron chi connectivity index (χ3n) is 1.95. The number of hydrogen-bond acceptors (Lipinski definition) is 5. The lowest BCUT2D eigenvalue weighted by Crippen LogP contribution is -2.24. The minimum Gasteiger partial charge on any atom is -0.496 e. The number of nitro benzene ring substituents is 1.